The third kappa shape index (κ3) is 15.1. The Morgan fingerprint density at radius 3 is 2.10 bits per heavy atom. The Bertz CT molecular complexity index is 1140. The summed E-state index contributed by atoms with van der Waals surface area (Å²) in [6.07, 6.45) is 11.1. The van der Waals surface area contributed by atoms with Crippen molar-refractivity contribution in [3.05, 3.63) is 42.0 Å². The standard InChI is InChI=1S/C37H58F2N2O8/c1-3-5-7-11-14-21-36(48-24-25-49-36)22-15-12-9-8-10-13-16-30(37(46,35(44)45)27-32(38)39)34(43)41-31(33(40)42)26-28-17-19-29(20-18-28)47-23-6-4-2/h13,16-20,30-32,46H,3-12,14-15,21-27H2,1-2H3,(H2,40,42)(H,41,43)(H,44,45)/b16-13+/t30-,31+,37+/m1/s1. The Balaban J connectivity index is 1.99. The van der Waals surface area contributed by atoms with Crippen molar-refractivity contribution in [3.8, 4) is 5.75 Å². The molecular formula is C37H58F2N2O8. The lowest BCUT2D eigenvalue weighted by Crippen LogP contribution is -2.56. The molecule has 49 heavy (non-hydrogen) atoms. The van der Waals surface area contributed by atoms with Gasteiger partial charge >= 0.3 is 5.97 Å². The number of carboxylic acids is 1. The van der Waals surface area contributed by atoms with Crippen LogP contribution in [-0.2, 0) is 30.3 Å². The van der Waals surface area contributed by atoms with Crippen LogP contribution in [0.1, 0.15) is 116 Å². The number of allylic oxidation sites excluding steroid dienone is 1. The monoisotopic (exact) mass is 696 g/mol. The number of rotatable bonds is 27. The molecule has 1 fully saturated rings. The van der Waals surface area contributed by atoms with E-state index in [1.807, 2.05) is 6.92 Å². The van der Waals surface area contributed by atoms with Crippen LogP contribution in [0.15, 0.2) is 36.4 Å². The minimum absolute atomic E-state index is 0.0384. The second-order valence-electron chi connectivity index (χ2n) is 13.0. The van der Waals surface area contributed by atoms with E-state index in [0.717, 1.165) is 63.9 Å². The van der Waals surface area contributed by atoms with Gasteiger partial charge in [-0.1, -0.05) is 83.1 Å². The van der Waals surface area contributed by atoms with Gasteiger partial charge in [-0.25, -0.2) is 13.6 Å². The summed E-state index contributed by atoms with van der Waals surface area (Å²) in [7, 11) is 0. The number of ether oxygens (including phenoxy) is 3. The summed E-state index contributed by atoms with van der Waals surface area (Å²) >= 11 is 0. The fraction of sp³-hybridized carbons (Fsp3) is 0.703. The van der Waals surface area contributed by atoms with E-state index in [9.17, 15) is 33.4 Å². The highest BCUT2D eigenvalue weighted by Gasteiger charge is 2.49. The predicted molar refractivity (Wildman–Crippen MR) is 183 cm³/mol. The number of aliphatic carboxylic acids is 1. The number of nitrogens with one attached hydrogen (secondary N) is 1. The molecule has 0 spiro atoms. The molecule has 12 heteroatoms. The van der Waals surface area contributed by atoms with Crippen molar-refractivity contribution < 1.29 is 47.6 Å². The number of carbonyl (C=O) groups is 3. The number of primary amides is 1. The molecule has 0 aliphatic carbocycles. The summed E-state index contributed by atoms with van der Waals surface area (Å²) in [5, 5.41) is 23.1. The van der Waals surface area contributed by atoms with E-state index in [2.05, 4.69) is 12.2 Å². The molecule has 1 heterocycles. The van der Waals surface area contributed by atoms with Crippen molar-refractivity contribution in [2.24, 2.45) is 11.7 Å². The minimum atomic E-state index is -3.21. The summed E-state index contributed by atoms with van der Waals surface area (Å²) < 4.78 is 44.5. The summed E-state index contributed by atoms with van der Waals surface area (Å²) in [4.78, 5) is 37.8. The summed E-state index contributed by atoms with van der Waals surface area (Å²) in [5.41, 5.74) is 3.07. The van der Waals surface area contributed by atoms with Gasteiger partial charge in [0.2, 0.25) is 18.2 Å². The van der Waals surface area contributed by atoms with Crippen LogP contribution in [0.3, 0.4) is 0 Å². The van der Waals surface area contributed by atoms with Crippen LogP contribution in [0.25, 0.3) is 0 Å². The average molecular weight is 697 g/mol. The zero-order valence-electron chi connectivity index (χ0n) is 29.3. The highest BCUT2D eigenvalue weighted by atomic mass is 19.3. The maximum atomic E-state index is 13.5. The zero-order valence-corrected chi connectivity index (χ0v) is 29.3. The van der Waals surface area contributed by atoms with E-state index in [1.165, 1.54) is 25.3 Å². The zero-order chi connectivity index (χ0) is 36.1. The first-order chi connectivity index (χ1) is 23.5. The number of aliphatic hydroxyl groups is 1. The third-order valence-corrected chi connectivity index (χ3v) is 8.90. The van der Waals surface area contributed by atoms with Crippen LogP contribution < -0.4 is 15.8 Å². The van der Waals surface area contributed by atoms with Crippen molar-refractivity contribution in [3.63, 3.8) is 0 Å². The lowest BCUT2D eigenvalue weighted by molar-refractivity contribution is -0.171. The Kier molecular flexibility index (Phi) is 19.4. The highest BCUT2D eigenvalue weighted by molar-refractivity contribution is 5.93. The molecule has 0 bridgehead atoms. The van der Waals surface area contributed by atoms with Gasteiger partial charge in [0, 0.05) is 25.7 Å². The fourth-order valence-electron chi connectivity index (χ4n) is 5.97. The molecular weight excluding hydrogens is 638 g/mol. The summed E-state index contributed by atoms with van der Waals surface area (Å²) in [6.45, 7) is 6.00. The second-order valence-corrected chi connectivity index (χ2v) is 13.0. The maximum Gasteiger partial charge on any atom is 0.337 e. The van der Waals surface area contributed by atoms with Gasteiger partial charge in [-0.05, 0) is 49.8 Å². The quantitative estimate of drug-likeness (QED) is 0.0603. The Hall–Kier alpha value is -3.09. The first-order valence-electron chi connectivity index (χ1n) is 18.0. The molecule has 5 N–H and O–H groups in total. The lowest BCUT2D eigenvalue weighted by Gasteiger charge is -2.30. The number of hydrogen-bond donors (Lipinski definition) is 4. The van der Waals surface area contributed by atoms with Gasteiger partial charge in [0.1, 0.15) is 11.8 Å². The first-order valence-corrected chi connectivity index (χ1v) is 18.0. The summed E-state index contributed by atoms with van der Waals surface area (Å²) in [6, 6.07) is 5.55. The molecule has 3 atom stereocenters. The SMILES string of the molecule is CCCCCCCC1(CCCCCC/C=C/[C@H](C(=O)N[C@@H](Cc2ccc(OCCCC)cc2)C(N)=O)[C@@](O)(CC(F)F)C(=O)O)OCCO1. The fourth-order valence-corrected chi connectivity index (χ4v) is 5.97. The second kappa shape index (κ2) is 22.6. The number of alkyl halides is 2. The molecule has 0 unspecified atom stereocenters. The van der Waals surface area contributed by atoms with Gasteiger partial charge < -0.3 is 35.5 Å². The Morgan fingerprint density at radius 2 is 1.55 bits per heavy atom. The van der Waals surface area contributed by atoms with Gasteiger partial charge in [-0.3, -0.25) is 9.59 Å². The molecule has 0 saturated carbocycles. The lowest BCUT2D eigenvalue weighted by atomic mass is 9.82. The van der Waals surface area contributed by atoms with E-state index in [0.29, 0.717) is 44.0 Å². The molecule has 1 aromatic rings. The average Bonchev–Trinajstić information content (AvgIpc) is 3.52. The molecule has 1 aromatic carbocycles. The molecule has 10 nitrogen and oxygen atoms in total. The summed E-state index contributed by atoms with van der Waals surface area (Å²) in [5.74, 6) is -5.74. The number of amides is 2. The molecule has 0 radical (unpaired) electrons. The minimum Gasteiger partial charge on any atom is -0.494 e. The van der Waals surface area contributed by atoms with Gasteiger partial charge in [0.05, 0.1) is 25.7 Å². The van der Waals surface area contributed by atoms with Crippen molar-refractivity contribution in [2.45, 2.75) is 140 Å². The van der Waals surface area contributed by atoms with Crippen LogP contribution in [0.4, 0.5) is 8.78 Å². The Morgan fingerprint density at radius 1 is 0.959 bits per heavy atom. The highest BCUT2D eigenvalue weighted by Crippen LogP contribution is 2.32. The normalized spacial score (nSPS) is 16.8. The van der Waals surface area contributed by atoms with Crippen molar-refractivity contribution in [2.75, 3.05) is 19.8 Å². The number of nitrogens with two attached hydrogens (primary N) is 1. The molecule has 1 saturated heterocycles. The van der Waals surface area contributed by atoms with Gasteiger partial charge in [-0.2, -0.15) is 0 Å². The first kappa shape index (κ1) is 42.1. The van der Waals surface area contributed by atoms with Crippen LogP contribution in [0.2, 0.25) is 0 Å². The Labute approximate surface area is 290 Å². The topological polar surface area (TPSA) is 157 Å². The number of benzene rings is 1. The van der Waals surface area contributed by atoms with Crippen molar-refractivity contribution >= 4 is 17.8 Å². The van der Waals surface area contributed by atoms with Crippen molar-refractivity contribution in [1.29, 1.82) is 0 Å². The molecule has 0 aromatic heterocycles. The third-order valence-electron chi connectivity index (χ3n) is 8.90. The number of carbonyl (C=O) groups excluding carboxylic acids is 2. The van der Waals surface area contributed by atoms with Gasteiger partial charge in [0.25, 0.3) is 0 Å². The molecule has 2 rings (SSSR count). The van der Waals surface area contributed by atoms with E-state index in [1.54, 1.807) is 24.3 Å². The molecule has 1 aliphatic rings. The van der Waals surface area contributed by atoms with E-state index >= 15 is 0 Å². The number of carboxylic acid groups (broad SMARTS) is 1. The van der Waals surface area contributed by atoms with Crippen LogP contribution >= 0.6 is 0 Å². The smallest absolute Gasteiger partial charge is 0.337 e. The van der Waals surface area contributed by atoms with Gasteiger partial charge in [0.15, 0.2) is 11.4 Å². The molecule has 278 valence electrons. The maximum absolute atomic E-state index is 13.5. The molecule has 2 amide bonds. The van der Waals surface area contributed by atoms with E-state index in [4.69, 9.17) is 19.9 Å². The molecule has 1 aliphatic heterocycles. The van der Waals surface area contributed by atoms with Crippen LogP contribution in [0.5, 0.6) is 5.75 Å². The van der Waals surface area contributed by atoms with Gasteiger partial charge in [-0.15, -0.1) is 0 Å². The predicted octanol–water partition coefficient (Wildman–Crippen LogP) is 6.47. The van der Waals surface area contributed by atoms with Crippen molar-refractivity contribution in [1.82, 2.24) is 5.32 Å². The van der Waals surface area contributed by atoms with E-state index in [-0.39, 0.29) is 6.42 Å². The number of unbranched alkanes of at least 4 members (excludes halogenated alkanes) is 9. The van der Waals surface area contributed by atoms with Crippen LogP contribution in [-0.4, -0.2) is 71.7 Å². The number of halogens is 2. The van der Waals surface area contributed by atoms with Crippen LogP contribution in [0, 0.1) is 5.92 Å². The van der Waals surface area contributed by atoms with E-state index < -0.39 is 54.0 Å². The number of hydrogen-bond acceptors (Lipinski definition) is 7. The largest absolute Gasteiger partial charge is 0.494 e.